The van der Waals surface area contributed by atoms with Crippen molar-refractivity contribution in [3.8, 4) is 0 Å². The predicted octanol–water partition coefficient (Wildman–Crippen LogP) is 4.09. The van der Waals surface area contributed by atoms with Gasteiger partial charge in [-0.2, -0.15) is 4.98 Å². The van der Waals surface area contributed by atoms with Gasteiger partial charge in [0.25, 0.3) is 0 Å². The first-order chi connectivity index (χ1) is 15.4. The summed E-state index contributed by atoms with van der Waals surface area (Å²) in [6.07, 6.45) is 4.90. The number of carbonyl (C=O) groups is 1. The fourth-order valence-electron chi connectivity index (χ4n) is 4.07. The van der Waals surface area contributed by atoms with Gasteiger partial charge in [0.2, 0.25) is 11.9 Å². The minimum Gasteiger partial charge on any atom is -0.341 e. The van der Waals surface area contributed by atoms with Gasteiger partial charge in [0, 0.05) is 36.0 Å². The van der Waals surface area contributed by atoms with Crippen molar-refractivity contribution in [2.75, 3.05) is 37.4 Å². The van der Waals surface area contributed by atoms with E-state index in [9.17, 15) is 4.79 Å². The molecule has 1 amide bonds. The van der Waals surface area contributed by atoms with E-state index < -0.39 is 0 Å². The average molecular weight is 453 g/mol. The molecule has 1 aromatic carbocycles. The Morgan fingerprint density at radius 1 is 1.19 bits per heavy atom. The summed E-state index contributed by atoms with van der Waals surface area (Å²) in [7, 11) is 4.27. The highest BCUT2D eigenvalue weighted by Gasteiger charge is 2.23. The lowest BCUT2D eigenvalue weighted by atomic mass is 10.0. The molecule has 3 heterocycles. The molecule has 3 aromatic rings. The first-order valence-electron chi connectivity index (χ1n) is 11.0. The molecule has 0 atom stereocenters. The van der Waals surface area contributed by atoms with Gasteiger partial charge in [0.15, 0.2) is 5.65 Å². The van der Waals surface area contributed by atoms with Crippen molar-refractivity contribution in [2.45, 2.75) is 38.6 Å². The molecule has 0 aliphatic carbocycles. The molecular formula is C24H29ClN6O. The Morgan fingerprint density at radius 3 is 2.59 bits per heavy atom. The highest BCUT2D eigenvalue weighted by molar-refractivity contribution is 6.30. The number of pyridine rings is 1. The van der Waals surface area contributed by atoms with E-state index in [1.165, 1.54) is 0 Å². The molecule has 1 N–H and O–H groups in total. The number of hydrogen-bond acceptors (Lipinski definition) is 6. The number of carbonyl (C=O) groups excluding carboxylic acids is 1. The Morgan fingerprint density at radius 2 is 1.91 bits per heavy atom. The fraction of sp³-hybridized carbons (Fsp3) is 0.417. The smallest absolute Gasteiger partial charge is 0.227 e. The van der Waals surface area contributed by atoms with Crippen molar-refractivity contribution in [1.29, 1.82) is 0 Å². The summed E-state index contributed by atoms with van der Waals surface area (Å²) in [5.41, 5.74) is 3.25. The molecule has 0 saturated carbocycles. The van der Waals surface area contributed by atoms with Crippen LogP contribution in [0.4, 0.5) is 11.6 Å². The second-order valence-electron chi connectivity index (χ2n) is 8.56. The molecule has 8 heteroatoms. The van der Waals surface area contributed by atoms with Gasteiger partial charge >= 0.3 is 0 Å². The average Bonchev–Trinajstić information content (AvgIpc) is 2.79. The zero-order chi connectivity index (χ0) is 22.7. The number of aryl methyl sites for hydroxylation is 2. The lowest BCUT2D eigenvalue weighted by Gasteiger charge is -2.35. The van der Waals surface area contributed by atoms with Crippen LogP contribution in [0.5, 0.6) is 0 Å². The second kappa shape index (κ2) is 9.79. The first-order valence-corrected chi connectivity index (χ1v) is 11.4. The number of benzene rings is 1. The number of piperidine rings is 1. The molecule has 7 nitrogen and oxygen atoms in total. The topological polar surface area (TPSA) is 74.2 Å². The molecule has 0 spiro atoms. The van der Waals surface area contributed by atoms with Gasteiger partial charge < -0.3 is 15.1 Å². The minimum absolute atomic E-state index is 0.0555. The van der Waals surface area contributed by atoms with Crippen molar-refractivity contribution in [3.63, 3.8) is 0 Å². The van der Waals surface area contributed by atoms with Crippen LogP contribution in [0.3, 0.4) is 0 Å². The molecule has 32 heavy (non-hydrogen) atoms. The van der Waals surface area contributed by atoms with Crippen LogP contribution in [-0.4, -0.2) is 59.0 Å². The Balaban J connectivity index is 1.41. The van der Waals surface area contributed by atoms with Gasteiger partial charge in [-0.1, -0.05) is 23.7 Å². The molecule has 4 rings (SSSR count). The lowest BCUT2D eigenvalue weighted by Crippen LogP contribution is -2.42. The SMILES string of the molecule is Cc1nc(N2CCC(N(C)C)CC2)nc2ncc(NC(=O)CCc3ccc(Cl)cc3)cc12. The monoisotopic (exact) mass is 452 g/mol. The summed E-state index contributed by atoms with van der Waals surface area (Å²) < 4.78 is 0. The van der Waals surface area contributed by atoms with Crippen LogP contribution in [0.2, 0.25) is 5.02 Å². The summed E-state index contributed by atoms with van der Waals surface area (Å²) in [6, 6.07) is 10.1. The number of hydrogen-bond donors (Lipinski definition) is 1. The Bertz CT molecular complexity index is 1090. The van der Waals surface area contributed by atoms with Crippen LogP contribution in [0.25, 0.3) is 11.0 Å². The molecule has 2 aromatic heterocycles. The van der Waals surface area contributed by atoms with Gasteiger partial charge in [-0.3, -0.25) is 4.79 Å². The van der Waals surface area contributed by atoms with Crippen LogP contribution in [0, 0.1) is 6.92 Å². The maximum atomic E-state index is 12.4. The number of nitrogens with zero attached hydrogens (tertiary/aromatic N) is 5. The summed E-state index contributed by atoms with van der Waals surface area (Å²) >= 11 is 5.91. The van der Waals surface area contributed by atoms with Gasteiger partial charge in [0.1, 0.15) is 0 Å². The van der Waals surface area contributed by atoms with E-state index in [0.29, 0.717) is 35.2 Å². The standard InChI is InChI=1S/C24H29ClN6O/c1-16-21-14-19(28-22(32)9-6-17-4-7-18(25)8-5-17)15-26-23(21)29-24(27-16)31-12-10-20(11-13-31)30(2)3/h4-5,7-8,14-15,20H,6,9-13H2,1-3H3,(H,28,32). The Hall–Kier alpha value is -2.77. The number of halogens is 1. The van der Waals surface area contributed by atoms with Crippen molar-refractivity contribution in [1.82, 2.24) is 19.9 Å². The quantitative estimate of drug-likeness (QED) is 0.607. The van der Waals surface area contributed by atoms with E-state index in [4.69, 9.17) is 21.6 Å². The first kappa shape index (κ1) is 22.4. The number of fused-ring (bicyclic) bond motifs is 1. The predicted molar refractivity (Wildman–Crippen MR) is 129 cm³/mol. The molecule has 1 aliphatic heterocycles. The van der Waals surface area contributed by atoms with Crippen LogP contribution >= 0.6 is 11.6 Å². The van der Waals surface area contributed by atoms with Crippen LogP contribution in [-0.2, 0) is 11.2 Å². The maximum absolute atomic E-state index is 12.4. The van der Waals surface area contributed by atoms with E-state index in [1.54, 1.807) is 6.20 Å². The van der Waals surface area contributed by atoms with Gasteiger partial charge in [-0.05, 0) is 64.0 Å². The van der Waals surface area contributed by atoms with Crippen molar-refractivity contribution in [2.24, 2.45) is 0 Å². The fourth-order valence-corrected chi connectivity index (χ4v) is 4.19. The molecule has 0 radical (unpaired) electrons. The van der Waals surface area contributed by atoms with Crippen molar-refractivity contribution in [3.05, 3.63) is 52.8 Å². The molecule has 1 aliphatic rings. The normalized spacial score (nSPS) is 14.8. The summed E-state index contributed by atoms with van der Waals surface area (Å²) in [6.45, 7) is 3.85. The van der Waals surface area contributed by atoms with E-state index in [2.05, 4.69) is 34.2 Å². The summed E-state index contributed by atoms with van der Waals surface area (Å²) in [5.74, 6) is 0.680. The molecule has 0 unspecified atom stereocenters. The highest BCUT2D eigenvalue weighted by Crippen LogP contribution is 2.24. The number of rotatable bonds is 6. The van der Waals surface area contributed by atoms with Crippen molar-refractivity contribution < 1.29 is 4.79 Å². The lowest BCUT2D eigenvalue weighted by molar-refractivity contribution is -0.116. The van der Waals surface area contributed by atoms with Crippen LogP contribution < -0.4 is 10.2 Å². The zero-order valence-corrected chi connectivity index (χ0v) is 19.6. The number of anilines is 2. The third kappa shape index (κ3) is 5.34. The Kier molecular flexibility index (Phi) is 6.86. The van der Waals surface area contributed by atoms with E-state index in [0.717, 1.165) is 48.5 Å². The number of amides is 1. The molecular weight excluding hydrogens is 424 g/mol. The van der Waals surface area contributed by atoms with E-state index in [-0.39, 0.29) is 5.91 Å². The zero-order valence-electron chi connectivity index (χ0n) is 18.8. The van der Waals surface area contributed by atoms with Gasteiger partial charge in [-0.15, -0.1) is 0 Å². The molecule has 168 valence electrons. The number of aromatic nitrogens is 3. The molecule has 0 bridgehead atoms. The third-order valence-electron chi connectivity index (χ3n) is 6.05. The van der Waals surface area contributed by atoms with E-state index >= 15 is 0 Å². The highest BCUT2D eigenvalue weighted by atomic mass is 35.5. The largest absolute Gasteiger partial charge is 0.341 e. The minimum atomic E-state index is -0.0555. The van der Waals surface area contributed by atoms with E-state index in [1.807, 2.05) is 37.3 Å². The molecule has 1 saturated heterocycles. The summed E-state index contributed by atoms with van der Waals surface area (Å²) in [4.78, 5) is 30.9. The third-order valence-corrected chi connectivity index (χ3v) is 6.30. The van der Waals surface area contributed by atoms with Crippen molar-refractivity contribution >= 4 is 40.2 Å². The maximum Gasteiger partial charge on any atom is 0.227 e. The summed E-state index contributed by atoms with van der Waals surface area (Å²) in [5, 5.41) is 4.49. The van der Waals surface area contributed by atoms with Gasteiger partial charge in [-0.25, -0.2) is 9.97 Å². The Labute approximate surface area is 193 Å². The second-order valence-corrected chi connectivity index (χ2v) is 9.00. The van der Waals surface area contributed by atoms with Crippen LogP contribution in [0.15, 0.2) is 36.5 Å². The van der Waals surface area contributed by atoms with Gasteiger partial charge in [0.05, 0.1) is 17.6 Å². The van der Waals surface area contributed by atoms with Crippen LogP contribution in [0.1, 0.15) is 30.5 Å². The molecule has 1 fully saturated rings. The number of nitrogens with one attached hydrogen (secondary N) is 1.